The number of amides is 1. The third-order valence-electron chi connectivity index (χ3n) is 3.83. The van der Waals surface area contributed by atoms with Crippen LogP contribution < -0.4 is 0 Å². The molecule has 0 aromatic rings. The minimum atomic E-state index is -0.424. The van der Waals surface area contributed by atoms with Gasteiger partial charge in [-0.15, -0.1) is 0 Å². The van der Waals surface area contributed by atoms with Crippen molar-refractivity contribution in [1.29, 1.82) is 0 Å². The molecule has 2 heterocycles. The summed E-state index contributed by atoms with van der Waals surface area (Å²) in [4.78, 5) is 16.1. The van der Waals surface area contributed by atoms with Crippen molar-refractivity contribution >= 4 is 6.09 Å². The second-order valence-electron chi connectivity index (χ2n) is 6.64. The molecule has 2 fully saturated rings. The number of nitrogens with zero attached hydrogens (tertiary/aromatic N) is 2. The Hall–Kier alpha value is -0.810. The van der Waals surface area contributed by atoms with E-state index in [4.69, 9.17) is 4.74 Å². The maximum Gasteiger partial charge on any atom is 0.410 e. The van der Waals surface area contributed by atoms with E-state index >= 15 is 0 Å². The maximum absolute atomic E-state index is 11.9. The van der Waals surface area contributed by atoms with E-state index in [2.05, 4.69) is 4.90 Å². The van der Waals surface area contributed by atoms with E-state index in [1.54, 1.807) is 4.90 Å². The largest absolute Gasteiger partial charge is 0.444 e. The summed E-state index contributed by atoms with van der Waals surface area (Å²) in [6, 6.07) is 0.510. The average Bonchev–Trinajstić information content (AvgIpc) is 2.74. The fourth-order valence-electron chi connectivity index (χ4n) is 2.84. The number of carbonyl (C=O) groups excluding carboxylic acids is 1. The molecular weight excluding hydrogens is 244 g/mol. The van der Waals surface area contributed by atoms with Crippen molar-refractivity contribution in [1.82, 2.24) is 9.80 Å². The quantitative estimate of drug-likeness (QED) is 0.783. The molecule has 1 N–H and O–H groups in total. The SMILES string of the molecule is CC(C)(C)OC(=O)N1CCC(N2CC[C@H](O)C2)CC1. The van der Waals surface area contributed by atoms with Gasteiger partial charge in [-0.25, -0.2) is 4.79 Å². The molecule has 5 heteroatoms. The lowest BCUT2D eigenvalue weighted by molar-refractivity contribution is 0.0149. The third kappa shape index (κ3) is 4.08. The summed E-state index contributed by atoms with van der Waals surface area (Å²) in [6.07, 6.45) is 2.47. The number of β-amino-alcohol motifs (C(OH)–C–C–N with tert-alkyl or cyclic N) is 1. The Morgan fingerprint density at radius 1 is 1.16 bits per heavy atom. The highest BCUT2D eigenvalue weighted by molar-refractivity contribution is 5.68. The van der Waals surface area contributed by atoms with Crippen molar-refractivity contribution in [3.05, 3.63) is 0 Å². The van der Waals surface area contributed by atoms with E-state index in [1.807, 2.05) is 20.8 Å². The molecule has 0 bridgehead atoms. The van der Waals surface area contributed by atoms with E-state index < -0.39 is 5.60 Å². The highest BCUT2D eigenvalue weighted by Crippen LogP contribution is 2.22. The summed E-state index contributed by atoms with van der Waals surface area (Å²) in [5, 5.41) is 9.57. The zero-order valence-corrected chi connectivity index (χ0v) is 12.3. The second-order valence-corrected chi connectivity index (χ2v) is 6.64. The van der Waals surface area contributed by atoms with Crippen molar-refractivity contribution in [3.63, 3.8) is 0 Å². The third-order valence-corrected chi connectivity index (χ3v) is 3.83. The van der Waals surface area contributed by atoms with Gasteiger partial charge in [0.15, 0.2) is 0 Å². The highest BCUT2D eigenvalue weighted by atomic mass is 16.6. The number of hydrogen-bond donors (Lipinski definition) is 1. The van der Waals surface area contributed by atoms with Gasteiger partial charge in [-0.1, -0.05) is 0 Å². The monoisotopic (exact) mass is 270 g/mol. The van der Waals surface area contributed by atoms with Crippen LogP contribution in [0.1, 0.15) is 40.0 Å². The van der Waals surface area contributed by atoms with Gasteiger partial charge in [0.05, 0.1) is 6.10 Å². The molecule has 0 spiro atoms. The first-order valence-corrected chi connectivity index (χ1v) is 7.25. The lowest BCUT2D eigenvalue weighted by Crippen LogP contribution is -2.47. The Kier molecular flexibility index (Phi) is 4.36. The lowest BCUT2D eigenvalue weighted by Gasteiger charge is -2.37. The number of ether oxygens (including phenoxy) is 1. The molecule has 2 aliphatic rings. The summed E-state index contributed by atoms with van der Waals surface area (Å²) in [5.41, 5.74) is -0.424. The Morgan fingerprint density at radius 2 is 1.79 bits per heavy atom. The fraction of sp³-hybridized carbons (Fsp3) is 0.929. The molecule has 5 nitrogen and oxygen atoms in total. The smallest absolute Gasteiger partial charge is 0.410 e. The van der Waals surface area contributed by atoms with Crippen molar-refractivity contribution in [2.75, 3.05) is 26.2 Å². The first-order chi connectivity index (χ1) is 8.85. The van der Waals surface area contributed by atoms with Gasteiger partial charge >= 0.3 is 6.09 Å². The summed E-state index contributed by atoms with van der Waals surface area (Å²) >= 11 is 0. The van der Waals surface area contributed by atoms with Gasteiger partial charge in [-0.3, -0.25) is 4.90 Å². The number of aliphatic hydroxyl groups excluding tert-OH is 1. The summed E-state index contributed by atoms with van der Waals surface area (Å²) in [7, 11) is 0. The fourth-order valence-corrected chi connectivity index (χ4v) is 2.84. The minimum Gasteiger partial charge on any atom is -0.444 e. The van der Waals surface area contributed by atoms with Crippen molar-refractivity contribution in [3.8, 4) is 0 Å². The Morgan fingerprint density at radius 3 is 2.26 bits per heavy atom. The summed E-state index contributed by atoms with van der Waals surface area (Å²) < 4.78 is 5.39. The van der Waals surface area contributed by atoms with E-state index in [0.29, 0.717) is 6.04 Å². The minimum absolute atomic E-state index is 0.163. The maximum atomic E-state index is 11.9. The standard InChI is InChI=1S/C14H26N2O3/c1-14(2,3)19-13(18)15-7-4-11(5-8-15)16-9-6-12(17)10-16/h11-12,17H,4-10H2,1-3H3/t12-/m0/s1. The predicted molar refractivity (Wildman–Crippen MR) is 73.0 cm³/mol. The zero-order valence-electron chi connectivity index (χ0n) is 12.3. The van der Waals surface area contributed by atoms with E-state index in [0.717, 1.165) is 45.4 Å². The molecule has 1 atom stereocenters. The van der Waals surface area contributed by atoms with Crippen LogP contribution in [0.25, 0.3) is 0 Å². The molecule has 1 amide bonds. The van der Waals surface area contributed by atoms with Crippen molar-refractivity contribution in [2.45, 2.75) is 57.8 Å². The molecular formula is C14H26N2O3. The molecule has 0 unspecified atom stereocenters. The number of rotatable bonds is 1. The van der Waals surface area contributed by atoms with Gasteiger partial charge in [0, 0.05) is 32.2 Å². The average molecular weight is 270 g/mol. The van der Waals surface area contributed by atoms with E-state index in [9.17, 15) is 9.90 Å². The van der Waals surface area contributed by atoms with Gasteiger partial charge < -0.3 is 14.7 Å². The van der Waals surface area contributed by atoms with Crippen LogP contribution in [-0.2, 0) is 4.74 Å². The van der Waals surface area contributed by atoms with Crippen LogP contribution in [0.5, 0.6) is 0 Å². The van der Waals surface area contributed by atoms with E-state index in [-0.39, 0.29) is 12.2 Å². The van der Waals surface area contributed by atoms with Gasteiger partial charge in [0.25, 0.3) is 0 Å². The van der Waals surface area contributed by atoms with Crippen LogP contribution in [0, 0.1) is 0 Å². The predicted octanol–water partition coefficient (Wildman–Crippen LogP) is 1.45. The first-order valence-electron chi connectivity index (χ1n) is 7.25. The Balaban J connectivity index is 1.77. The number of piperidine rings is 1. The first kappa shape index (κ1) is 14.6. The lowest BCUT2D eigenvalue weighted by atomic mass is 10.0. The van der Waals surface area contributed by atoms with Crippen LogP contribution in [0.15, 0.2) is 0 Å². The van der Waals surface area contributed by atoms with Crippen molar-refractivity contribution < 1.29 is 14.6 Å². The Labute approximate surface area is 115 Å². The van der Waals surface area contributed by atoms with Gasteiger partial charge in [0.2, 0.25) is 0 Å². The number of carbonyl (C=O) groups is 1. The van der Waals surface area contributed by atoms with E-state index in [1.165, 1.54) is 0 Å². The topological polar surface area (TPSA) is 53.0 Å². The second kappa shape index (κ2) is 5.67. The highest BCUT2D eigenvalue weighted by Gasteiger charge is 2.32. The molecule has 0 radical (unpaired) electrons. The van der Waals surface area contributed by atoms with Gasteiger partial charge in [-0.05, 0) is 40.0 Å². The van der Waals surface area contributed by atoms with Crippen LogP contribution >= 0.6 is 0 Å². The normalized spacial score (nSPS) is 26.7. The molecule has 19 heavy (non-hydrogen) atoms. The number of aliphatic hydroxyl groups is 1. The van der Waals surface area contributed by atoms with Crippen LogP contribution in [0.3, 0.4) is 0 Å². The molecule has 2 rings (SSSR count). The zero-order chi connectivity index (χ0) is 14.0. The summed E-state index contributed by atoms with van der Waals surface area (Å²) in [6.45, 7) is 8.96. The molecule has 0 aliphatic carbocycles. The molecule has 110 valence electrons. The molecule has 0 aromatic carbocycles. The summed E-state index contributed by atoms with van der Waals surface area (Å²) in [5.74, 6) is 0. The molecule has 0 aromatic heterocycles. The van der Waals surface area contributed by atoms with Crippen LogP contribution in [-0.4, -0.2) is 64.9 Å². The van der Waals surface area contributed by atoms with Crippen LogP contribution in [0.4, 0.5) is 4.79 Å². The van der Waals surface area contributed by atoms with Crippen molar-refractivity contribution in [2.24, 2.45) is 0 Å². The molecule has 0 saturated carbocycles. The number of hydrogen-bond acceptors (Lipinski definition) is 4. The molecule has 2 aliphatic heterocycles. The van der Waals surface area contributed by atoms with Gasteiger partial charge in [-0.2, -0.15) is 0 Å². The van der Waals surface area contributed by atoms with Crippen LogP contribution in [0.2, 0.25) is 0 Å². The van der Waals surface area contributed by atoms with Gasteiger partial charge in [0.1, 0.15) is 5.60 Å². The molecule has 2 saturated heterocycles. The number of likely N-dealkylation sites (tertiary alicyclic amines) is 2. The Bertz CT molecular complexity index is 319.